The van der Waals surface area contributed by atoms with Crippen molar-refractivity contribution < 1.29 is 0 Å². The van der Waals surface area contributed by atoms with Gasteiger partial charge in [0.15, 0.2) is 0 Å². The van der Waals surface area contributed by atoms with Crippen LogP contribution < -0.4 is 4.90 Å². The van der Waals surface area contributed by atoms with Crippen LogP contribution in [-0.2, 0) is 5.41 Å². The Balaban J connectivity index is 0.967. The molecule has 2 aromatic heterocycles. The van der Waals surface area contributed by atoms with Crippen LogP contribution in [0.4, 0.5) is 17.1 Å². The lowest BCUT2D eigenvalue weighted by atomic mass is 9.70. The molecule has 3 heteroatoms. The van der Waals surface area contributed by atoms with Gasteiger partial charge < -0.3 is 14.0 Å². The first-order chi connectivity index (χ1) is 40.7. The zero-order valence-corrected chi connectivity index (χ0v) is 44.8. The van der Waals surface area contributed by atoms with Crippen molar-refractivity contribution in [2.45, 2.75) is 5.41 Å². The van der Waals surface area contributed by atoms with Crippen molar-refractivity contribution in [3.05, 3.63) is 332 Å². The first-order valence-corrected chi connectivity index (χ1v) is 28.4. The molecule has 82 heavy (non-hydrogen) atoms. The summed E-state index contributed by atoms with van der Waals surface area (Å²) < 4.78 is 4.94. The zero-order valence-electron chi connectivity index (χ0n) is 44.8. The number of para-hydroxylation sites is 5. The van der Waals surface area contributed by atoms with Crippen molar-refractivity contribution in [2.24, 2.45) is 0 Å². The van der Waals surface area contributed by atoms with Gasteiger partial charge in [-0.2, -0.15) is 0 Å². The van der Waals surface area contributed by atoms with Crippen molar-refractivity contribution in [1.29, 1.82) is 0 Å². The highest BCUT2D eigenvalue weighted by Crippen LogP contribution is 2.64. The fraction of sp³-hybridized carbons (Fsp3) is 0.0127. The Morgan fingerprint density at radius 3 is 1.46 bits per heavy atom. The van der Waals surface area contributed by atoms with Gasteiger partial charge in [-0.15, -0.1) is 0 Å². The van der Waals surface area contributed by atoms with Crippen LogP contribution in [0.2, 0.25) is 0 Å². The maximum absolute atomic E-state index is 2.53. The normalized spacial score (nSPS) is 12.7. The summed E-state index contributed by atoms with van der Waals surface area (Å²) in [4.78, 5) is 2.53. The third-order valence-electron chi connectivity index (χ3n) is 17.7. The highest BCUT2D eigenvalue weighted by Gasteiger charge is 2.52. The highest BCUT2D eigenvalue weighted by atomic mass is 15.2. The second-order valence-corrected chi connectivity index (χ2v) is 21.9. The summed E-state index contributed by atoms with van der Waals surface area (Å²) in [6, 6.07) is 115. The smallest absolute Gasteiger partial charge is 0.0782 e. The average Bonchev–Trinajstić information content (AvgIpc) is 1.92. The molecule has 0 bridgehead atoms. The maximum atomic E-state index is 2.53. The summed E-state index contributed by atoms with van der Waals surface area (Å²) in [6.45, 7) is 0. The summed E-state index contributed by atoms with van der Waals surface area (Å²) in [5, 5.41) is 4.89. The summed E-state index contributed by atoms with van der Waals surface area (Å²) in [5.74, 6) is 0. The standard InChI is InChI=1S/C79H51N3/c1-5-24-52(25-6-1)55-48-56(50-59(49-55)81(71-41-21-16-32-60(71)53-26-7-2-8-27-53)75-43-23-37-64-63-35-17-22-42-72(63)82(78(64)75)58-30-11-4-12-31-58)54-44-46-73-66(51-54)77-74(80(73)57-28-9-3-10-29-57)47-45-70-76(77)65-36-15-20-40-69(65)79(70)67-38-18-13-33-61(67)62-34-14-19-39-68(62)79/h1-51H. The highest BCUT2D eigenvalue weighted by molar-refractivity contribution is 6.20. The third-order valence-corrected chi connectivity index (χ3v) is 17.7. The Bertz CT molecular complexity index is 4990. The second-order valence-electron chi connectivity index (χ2n) is 21.9. The lowest BCUT2D eigenvalue weighted by Gasteiger charge is -2.30. The number of aromatic nitrogens is 2. The fourth-order valence-corrected chi connectivity index (χ4v) is 14.4. The molecule has 2 heterocycles. The minimum absolute atomic E-state index is 0.473. The number of rotatable bonds is 8. The van der Waals surface area contributed by atoms with E-state index in [-0.39, 0.29) is 0 Å². The Morgan fingerprint density at radius 2 is 0.768 bits per heavy atom. The number of benzene rings is 13. The predicted molar refractivity (Wildman–Crippen MR) is 342 cm³/mol. The molecule has 0 fully saturated rings. The fourth-order valence-electron chi connectivity index (χ4n) is 14.4. The minimum Gasteiger partial charge on any atom is -0.309 e. The Hall–Kier alpha value is -10.7. The van der Waals surface area contributed by atoms with Crippen LogP contribution in [0.3, 0.4) is 0 Å². The molecular weight excluding hydrogens is 991 g/mol. The maximum Gasteiger partial charge on any atom is 0.0782 e. The predicted octanol–water partition coefficient (Wildman–Crippen LogP) is 20.7. The number of hydrogen-bond acceptors (Lipinski definition) is 1. The Morgan fingerprint density at radius 1 is 0.268 bits per heavy atom. The molecular formula is C79H51N3. The number of hydrogen-bond donors (Lipinski definition) is 0. The SMILES string of the molecule is c1ccc(-c2cc(-c3ccc4c(c3)c3c5c(ccc3n4-c3ccccc3)C3(c4ccccc4-c4ccccc43)c3ccccc3-5)cc(N(c3ccccc3-c3ccccc3)c3cccc4c5ccccc5n(-c5ccccc5)c34)c2)cc1. The van der Waals surface area contributed by atoms with Crippen molar-refractivity contribution in [3.63, 3.8) is 0 Å². The van der Waals surface area contributed by atoms with Crippen LogP contribution in [0.1, 0.15) is 22.3 Å². The second kappa shape index (κ2) is 18.2. The lowest BCUT2D eigenvalue weighted by molar-refractivity contribution is 0.794. The van der Waals surface area contributed by atoms with Crippen LogP contribution in [0.15, 0.2) is 309 Å². The van der Waals surface area contributed by atoms with E-state index in [4.69, 9.17) is 0 Å². The van der Waals surface area contributed by atoms with E-state index in [0.29, 0.717) is 0 Å². The molecule has 0 amide bonds. The molecule has 0 saturated heterocycles. The summed E-state index contributed by atoms with van der Waals surface area (Å²) in [5.41, 5.74) is 27.1. The molecule has 0 unspecified atom stereocenters. The van der Waals surface area contributed by atoms with E-state index in [0.717, 1.165) is 72.9 Å². The molecule has 17 rings (SSSR count). The molecule has 0 aliphatic heterocycles. The first-order valence-electron chi connectivity index (χ1n) is 28.4. The van der Waals surface area contributed by atoms with Crippen molar-refractivity contribution in [1.82, 2.24) is 9.13 Å². The molecule has 2 aliphatic rings. The van der Waals surface area contributed by atoms with Gasteiger partial charge in [-0.05, 0) is 151 Å². The summed E-state index contributed by atoms with van der Waals surface area (Å²) >= 11 is 0. The molecule has 15 aromatic rings. The topological polar surface area (TPSA) is 13.1 Å². The molecule has 1 spiro atoms. The summed E-state index contributed by atoms with van der Waals surface area (Å²) in [7, 11) is 0. The van der Waals surface area contributed by atoms with Gasteiger partial charge >= 0.3 is 0 Å². The molecule has 0 atom stereocenters. The third kappa shape index (κ3) is 6.65. The molecule has 0 radical (unpaired) electrons. The van der Waals surface area contributed by atoms with E-state index in [1.807, 2.05) is 0 Å². The van der Waals surface area contributed by atoms with Crippen LogP contribution in [-0.4, -0.2) is 9.13 Å². The van der Waals surface area contributed by atoms with Gasteiger partial charge in [0.1, 0.15) is 0 Å². The van der Waals surface area contributed by atoms with Crippen molar-refractivity contribution >= 4 is 60.7 Å². The van der Waals surface area contributed by atoms with Crippen LogP contribution in [0.5, 0.6) is 0 Å². The number of fused-ring (bicyclic) bond motifs is 17. The van der Waals surface area contributed by atoms with Crippen LogP contribution in [0.25, 0.3) is 111 Å². The van der Waals surface area contributed by atoms with E-state index in [9.17, 15) is 0 Å². The molecule has 382 valence electrons. The van der Waals surface area contributed by atoms with Gasteiger partial charge in [0, 0.05) is 44.2 Å². The lowest BCUT2D eigenvalue weighted by Crippen LogP contribution is -2.25. The largest absolute Gasteiger partial charge is 0.309 e. The van der Waals surface area contributed by atoms with Gasteiger partial charge in [-0.1, -0.05) is 231 Å². The Kier molecular flexibility index (Phi) is 10.2. The molecule has 3 nitrogen and oxygen atoms in total. The quantitative estimate of drug-likeness (QED) is 0.148. The van der Waals surface area contributed by atoms with Crippen molar-refractivity contribution in [2.75, 3.05) is 4.90 Å². The van der Waals surface area contributed by atoms with Crippen molar-refractivity contribution in [3.8, 4) is 67.0 Å². The molecule has 13 aromatic carbocycles. The van der Waals surface area contributed by atoms with E-state index in [1.54, 1.807) is 0 Å². The van der Waals surface area contributed by atoms with Gasteiger partial charge in [-0.3, -0.25) is 0 Å². The minimum atomic E-state index is -0.473. The van der Waals surface area contributed by atoms with Gasteiger partial charge in [0.2, 0.25) is 0 Å². The van der Waals surface area contributed by atoms with E-state index < -0.39 is 5.41 Å². The first kappa shape index (κ1) is 46.2. The van der Waals surface area contributed by atoms with Crippen LogP contribution in [0, 0.1) is 0 Å². The van der Waals surface area contributed by atoms with E-state index in [1.165, 1.54) is 77.1 Å². The molecule has 2 aliphatic carbocycles. The number of nitrogens with zero attached hydrogens (tertiary/aromatic N) is 3. The van der Waals surface area contributed by atoms with Crippen LogP contribution >= 0.6 is 0 Å². The monoisotopic (exact) mass is 1040 g/mol. The number of anilines is 3. The van der Waals surface area contributed by atoms with Gasteiger partial charge in [0.05, 0.1) is 38.9 Å². The molecule has 0 saturated carbocycles. The summed E-state index contributed by atoms with van der Waals surface area (Å²) in [6.07, 6.45) is 0. The van der Waals surface area contributed by atoms with Gasteiger partial charge in [-0.25, -0.2) is 0 Å². The average molecular weight is 1040 g/mol. The van der Waals surface area contributed by atoms with E-state index >= 15 is 0 Å². The molecule has 0 N–H and O–H groups in total. The zero-order chi connectivity index (χ0) is 53.9. The van der Waals surface area contributed by atoms with Gasteiger partial charge in [0.25, 0.3) is 0 Å². The Labute approximate surface area is 476 Å². The van der Waals surface area contributed by atoms with E-state index in [2.05, 4.69) is 323 Å².